The van der Waals surface area contributed by atoms with Crippen LogP contribution in [0, 0.1) is 17.8 Å². The molecule has 0 saturated carbocycles. The fraction of sp³-hybridized carbons (Fsp3) is 0.850. The second-order valence-electron chi connectivity index (χ2n) is 6.59. The van der Waals surface area contributed by atoms with Crippen molar-refractivity contribution in [3.63, 3.8) is 0 Å². The third-order valence-electron chi connectivity index (χ3n) is 3.40. The Kier molecular flexibility index (Phi) is 28.5. The fourth-order valence-corrected chi connectivity index (χ4v) is 1.68. The molecule has 0 aliphatic heterocycles. The summed E-state index contributed by atoms with van der Waals surface area (Å²) < 4.78 is 4.37. The fourth-order valence-electron chi connectivity index (χ4n) is 1.68. The number of hydrogen-bond acceptors (Lipinski definition) is 4. The van der Waals surface area contributed by atoms with Crippen molar-refractivity contribution >= 4 is 41.5 Å². The lowest BCUT2D eigenvalue weighted by Crippen LogP contribution is -2.18. The van der Waals surface area contributed by atoms with Gasteiger partial charge in [0.05, 0.1) is 13.0 Å². The molecule has 0 N–H and O–H groups in total. The van der Waals surface area contributed by atoms with Gasteiger partial charge in [0.15, 0.2) is 0 Å². The summed E-state index contributed by atoms with van der Waals surface area (Å²) in [4.78, 5) is 33.3. The highest BCUT2D eigenvalue weighted by Crippen LogP contribution is 2.13. The Balaban J connectivity index is -0.000000184. The van der Waals surface area contributed by atoms with Crippen LogP contribution in [0.5, 0.6) is 0 Å². The molecule has 0 rings (SSSR count). The highest BCUT2D eigenvalue weighted by Gasteiger charge is 2.17. The van der Waals surface area contributed by atoms with Crippen LogP contribution in [0.25, 0.3) is 0 Å². The van der Waals surface area contributed by atoms with E-state index in [1.54, 1.807) is 13.8 Å². The van der Waals surface area contributed by atoms with E-state index in [9.17, 15) is 14.4 Å². The summed E-state index contributed by atoms with van der Waals surface area (Å²) in [6.07, 6.45) is 4.27. The Morgan fingerprint density at radius 3 is 1.62 bits per heavy atom. The summed E-state index contributed by atoms with van der Waals surface area (Å²) in [6, 6.07) is 0. The number of Topliss-reactive ketones (excluding diaryl/α,β-unsaturated/α-hetero) is 2. The number of unbranched alkanes of at least 4 members (excludes halogenated alkanes) is 2. The van der Waals surface area contributed by atoms with Crippen molar-refractivity contribution in [1.82, 2.24) is 0 Å². The molecular weight excluding hydrogens is 375 g/mol. The number of esters is 1. The molecule has 0 aromatic heterocycles. The van der Waals surface area contributed by atoms with Crippen LogP contribution in [0.2, 0.25) is 0 Å². The Bertz CT molecular complexity index is 356. The van der Waals surface area contributed by atoms with Gasteiger partial charge in [0, 0.05) is 30.6 Å². The van der Waals surface area contributed by atoms with Gasteiger partial charge >= 0.3 is 5.97 Å². The monoisotopic (exact) mass is 414 g/mol. The van der Waals surface area contributed by atoms with Crippen LogP contribution in [0.1, 0.15) is 80.6 Å². The molecule has 4 nitrogen and oxygen atoms in total. The molecule has 0 aromatic carbocycles. The van der Waals surface area contributed by atoms with Gasteiger partial charge in [-0.25, -0.2) is 0 Å². The summed E-state index contributed by atoms with van der Waals surface area (Å²) in [5.41, 5.74) is 0. The number of halogens is 2. The van der Waals surface area contributed by atoms with Crippen LogP contribution in [-0.4, -0.2) is 30.5 Å². The maximum atomic E-state index is 11.6. The van der Waals surface area contributed by atoms with E-state index >= 15 is 0 Å². The molecule has 0 radical (unpaired) electrons. The number of hydrogen-bond donors (Lipinski definition) is 0. The molecule has 0 unspecified atom stereocenters. The van der Waals surface area contributed by atoms with Gasteiger partial charge in [-0.15, -0.1) is 24.0 Å². The van der Waals surface area contributed by atoms with Gasteiger partial charge in [0.2, 0.25) is 0 Å². The first-order chi connectivity index (χ1) is 11.6. The summed E-state index contributed by atoms with van der Waals surface area (Å²) in [6.45, 7) is 13.2. The quantitative estimate of drug-likeness (QED) is 0.268. The molecular formula is C20H40Cl2O4. The van der Waals surface area contributed by atoms with E-state index in [0.717, 1.165) is 25.1 Å². The highest BCUT2D eigenvalue weighted by atomic mass is 35.5. The molecule has 0 spiro atoms. The zero-order chi connectivity index (χ0) is 20.4. The standard InChI is InChI=1S/C13H24O2.C5H10O2.C2H5Cl.ClH/c1-5-6-7-8-12(14)11(4)9-13(15)10(2)3;1-4(2)5(6)7-3;1-2-3;/h10-11H,5-9H2,1-4H3;4H,1-3H3;2H2,1H3;1H/t11-;;;/m1.../s1. The van der Waals surface area contributed by atoms with Gasteiger partial charge in [-0.2, -0.15) is 0 Å². The average molecular weight is 415 g/mol. The minimum Gasteiger partial charge on any atom is -0.469 e. The van der Waals surface area contributed by atoms with Crippen molar-refractivity contribution in [3.05, 3.63) is 0 Å². The normalized spacial score (nSPS) is 10.6. The van der Waals surface area contributed by atoms with Gasteiger partial charge in [-0.05, 0) is 6.42 Å². The van der Waals surface area contributed by atoms with Crippen molar-refractivity contribution in [2.24, 2.45) is 17.8 Å². The van der Waals surface area contributed by atoms with E-state index in [0.29, 0.717) is 12.8 Å². The van der Waals surface area contributed by atoms with Gasteiger partial charge < -0.3 is 4.74 Å². The zero-order valence-corrected chi connectivity index (χ0v) is 19.5. The Labute approximate surface area is 172 Å². The number of ether oxygens (including phenoxy) is 1. The van der Waals surface area contributed by atoms with Crippen LogP contribution in [0.3, 0.4) is 0 Å². The third kappa shape index (κ3) is 23.4. The minimum absolute atomic E-state index is 0. The van der Waals surface area contributed by atoms with Crippen molar-refractivity contribution in [2.75, 3.05) is 13.0 Å². The summed E-state index contributed by atoms with van der Waals surface area (Å²) in [5.74, 6) is 0.987. The first kappa shape index (κ1) is 33.0. The van der Waals surface area contributed by atoms with Crippen LogP contribution >= 0.6 is 24.0 Å². The van der Waals surface area contributed by atoms with Crippen molar-refractivity contribution in [3.8, 4) is 0 Å². The molecule has 26 heavy (non-hydrogen) atoms. The largest absolute Gasteiger partial charge is 0.469 e. The van der Waals surface area contributed by atoms with E-state index in [2.05, 4.69) is 11.7 Å². The smallest absolute Gasteiger partial charge is 0.308 e. The Hall–Kier alpha value is -0.610. The molecule has 158 valence electrons. The van der Waals surface area contributed by atoms with Crippen molar-refractivity contribution < 1.29 is 19.1 Å². The second-order valence-corrected chi connectivity index (χ2v) is 7.13. The number of methoxy groups -OCH3 is 1. The SMILES string of the molecule is CCCCCC(=O)[C@H](C)CC(=O)C(C)C.CCCl.COC(=O)C(C)C.Cl. The summed E-state index contributed by atoms with van der Waals surface area (Å²) in [5, 5.41) is 0. The zero-order valence-electron chi connectivity index (χ0n) is 17.9. The summed E-state index contributed by atoms with van der Waals surface area (Å²) in [7, 11) is 1.39. The molecule has 1 atom stereocenters. The number of alkyl halides is 1. The molecule has 0 aliphatic carbocycles. The summed E-state index contributed by atoms with van der Waals surface area (Å²) >= 11 is 5.00. The van der Waals surface area contributed by atoms with Gasteiger partial charge in [-0.1, -0.05) is 61.3 Å². The first-order valence-corrected chi connectivity index (χ1v) is 9.81. The van der Waals surface area contributed by atoms with E-state index < -0.39 is 0 Å². The molecule has 0 saturated heterocycles. The topological polar surface area (TPSA) is 60.4 Å². The minimum atomic E-state index is -0.153. The maximum absolute atomic E-state index is 11.6. The molecule has 0 fully saturated rings. The van der Waals surface area contributed by atoms with Crippen LogP contribution < -0.4 is 0 Å². The highest BCUT2D eigenvalue weighted by molar-refractivity contribution is 6.17. The van der Waals surface area contributed by atoms with Crippen LogP contribution in [-0.2, 0) is 19.1 Å². The van der Waals surface area contributed by atoms with Gasteiger partial charge in [0.25, 0.3) is 0 Å². The Morgan fingerprint density at radius 2 is 1.35 bits per heavy atom. The number of carbonyl (C=O) groups excluding carboxylic acids is 3. The van der Waals surface area contributed by atoms with Gasteiger partial charge in [-0.3, -0.25) is 14.4 Å². The van der Waals surface area contributed by atoms with E-state index in [1.807, 2.05) is 27.7 Å². The van der Waals surface area contributed by atoms with E-state index in [4.69, 9.17) is 11.6 Å². The molecule has 0 aliphatic rings. The van der Waals surface area contributed by atoms with Crippen LogP contribution in [0.4, 0.5) is 0 Å². The maximum Gasteiger partial charge on any atom is 0.308 e. The number of ketones is 2. The van der Waals surface area contributed by atoms with E-state index in [-0.39, 0.29) is 47.7 Å². The lowest BCUT2D eigenvalue weighted by Gasteiger charge is -2.10. The first-order valence-electron chi connectivity index (χ1n) is 9.27. The van der Waals surface area contributed by atoms with Gasteiger partial charge in [0.1, 0.15) is 11.6 Å². The predicted octanol–water partition coefficient (Wildman–Crippen LogP) is 5.87. The lowest BCUT2D eigenvalue weighted by atomic mass is 9.92. The third-order valence-corrected chi connectivity index (χ3v) is 3.40. The molecule has 0 amide bonds. The Morgan fingerprint density at radius 1 is 0.885 bits per heavy atom. The predicted molar refractivity (Wildman–Crippen MR) is 113 cm³/mol. The number of rotatable bonds is 9. The molecule has 6 heteroatoms. The molecule has 0 heterocycles. The average Bonchev–Trinajstić information content (AvgIpc) is 2.55. The number of carbonyl (C=O) groups is 3. The van der Waals surface area contributed by atoms with E-state index in [1.165, 1.54) is 7.11 Å². The van der Waals surface area contributed by atoms with Crippen molar-refractivity contribution in [1.29, 1.82) is 0 Å². The molecule has 0 bridgehead atoms. The molecule has 0 aromatic rings. The van der Waals surface area contributed by atoms with Crippen LogP contribution in [0.15, 0.2) is 0 Å². The second kappa shape index (κ2) is 22.4. The van der Waals surface area contributed by atoms with Crippen molar-refractivity contribution in [2.45, 2.75) is 80.6 Å². The lowest BCUT2D eigenvalue weighted by molar-refractivity contribution is -0.144.